The molecule has 0 aliphatic heterocycles. The van der Waals surface area contributed by atoms with Crippen LogP contribution in [0.3, 0.4) is 0 Å². The number of carboxylic acids is 1. The van der Waals surface area contributed by atoms with Crippen molar-refractivity contribution in [1.29, 1.82) is 0 Å². The molecule has 0 rings (SSSR count). The molecule has 1 N–H and O–H groups in total. The first-order valence-corrected chi connectivity index (χ1v) is 9.54. The Labute approximate surface area is 166 Å². The summed E-state index contributed by atoms with van der Waals surface area (Å²) in [5.74, 6) is -1.19. The zero-order valence-corrected chi connectivity index (χ0v) is 16.6. The molecule has 0 aromatic rings. The summed E-state index contributed by atoms with van der Waals surface area (Å²) in [5, 5.41) is 8.48. The number of unbranched alkanes of at least 4 members (excludes halogenated alkanes) is 1. The molecule has 164 valence electrons. The summed E-state index contributed by atoms with van der Waals surface area (Å²) >= 11 is 0. The summed E-state index contributed by atoms with van der Waals surface area (Å²) in [6.45, 7) is 8.45. The number of carboxylic acid groups (broad SMARTS) is 1. The van der Waals surface area contributed by atoms with Crippen LogP contribution in [0.1, 0.15) is 25.7 Å². The number of rotatable bonds is 22. The molecule has 9 nitrogen and oxygen atoms in total. The van der Waals surface area contributed by atoms with Crippen LogP contribution in [0.2, 0.25) is 0 Å². The molecule has 0 aromatic carbocycles. The lowest BCUT2D eigenvalue weighted by Crippen LogP contribution is -2.15. The quantitative estimate of drug-likeness (QED) is 0.162. The minimum Gasteiger partial charge on any atom is -0.481 e. The second-order valence-corrected chi connectivity index (χ2v) is 5.63. The maximum atomic E-state index is 11.4. The van der Waals surface area contributed by atoms with Gasteiger partial charge in [0.1, 0.15) is 6.61 Å². The fourth-order valence-corrected chi connectivity index (χ4v) is 1.88. The summed E-state index contributed by atoms with van der Waals surface area (Å²) in [7, 11) is 0. The van der Waals surface area contributed by atoms with Gasteiger partial charge in [0, 0.05) is 12.8 Å². The Balaban J connectivity index is 3.12. The average molecular weight is 406 g/mol. The van der Waals surface area contributed by atoms with Gasteiger partial charge in [-0.1, -0.05) is 6.08 Å². The highest BCUT2D eigenvalue weighted by Crippen LogP contribution is 2.01. The van der Waals surface area contributed by atoms with Gasteiger partial charge in [0.05, 0.1) is 66.1 Å². The van der Waals surface area contributed by atoms with E-state index in [0.29, 0.717) is 78.9 Å². The van der Waals surface area contributed by atoms with E-state index >= 15 is 0 Å². The molecule has 0 aromatic heterocycles. The molecule has 0 saturated carbocycles. The number of hydrogen-bond donors (Lipinski definition) is 1. The molecule has 0 bridgehead atoms. The minimum absolute atomic E-state index is 0.0705. The van der Waals surface area contributed by atoms with Gasteiger partial charge in [0.15, 0.2) is 0 Å². The lowest BCUT2D eigenvalue weighted by Gasteiger charge is -2.08. The Morgan fingerprint density at radius 1 is 0.679 bits per heavy atom. The molecule has 0 aliphatic carbocycles. The Morgan fingerprint density at radius 2 is 1.11 bits per heavy atom. The predicted molar refractivity (Wildman–Crippen MR) is 101 cm³/mol. The summed E-state index contributed by atoms with van der Waals surface area (Å²) < 4.78 is 31.4. The molecule has 28 heavy (non-hydrogen) atoms. The van der Waals surface area contributed by atoms with Gasteiger partial charge >= 0.3 is 11.9 Å². The summed E-state index contributed by atoms with van der Waals surface area (Å²) in [4.78, 5) is 21.7. The molecule has 0 heterocycles. The molecule has 0 spiro atoms. The van der Waals surface area contributed by atoms with E-state index < -0.39 is 5.97 Å². The van der Waals surface area contributed by atoms with Crippen molar-refractivity contribution in [2.45, 2.75) is 25.7 Å². The molecule has 0 radical (unpaired) electrons. The first-order valence-electron chi connectivity index (χ1n) is 9.54. The first kappa shape index (κ1) is 26.5. The molecular formula is C19H34O9. The van der Waals surface area contributed by atoms with E-state index in [-0.39, 0.29) is 25.4 Å². The zero-order chi connectivity index (χ0) is 20.7. The molecule has 0 amide bonds. The topological polar surface area (TPSA) is 110 Å². The largest absolute Gasteiger partial charge is 0.481 e. The van der Waals surface area contributed by atoms with Gasteiger partial charge in [-0.25, -0.2) is 0 Å². The maximum absolute atomic E-state index is 11.4. The predicted octanol–water partition coefficient (Wildman–Crippen LogP) is 1.44. The molecule has 0 atom stereocenters. The fourth-order valence-electron chi connectivity index (χ4n) is 1.88. The fraction of sp³-hybridized carbons (Fsp3) is 0.789. The zero-order valence-electron chi connectivity index (χ0n) is 16.6. The highest BCUT2D eigenvalue weighted by atomic mass is 16.6. The van der Waals surface area contributed by atoms with Crippen molar-refractivity contribution in [2.24, 2.45) is 0 Å². The summed E-state index contributed by atoms with van der Waals surface area (Å²) in [6, 6.07) is 0. The third-order valence-electron chi connectivity index (χ3n) is 3.24. The van der Waals surface area contributed by atoms with Gasteiger partial charge < -0.3 is 33.5 Å². The Morgan fingerprint density at radius 3 is 1.57 bits per heavy atom. The first-order chi connectivity index (χ1) is 13.7. The number of esters is 1. The van der Waals surface area contributed by atoms with Crippen LogP contribution in [0.4, 0.5) is 0 Å². The van der Waals surface area contributed by atoms with Crippen LogP contribution in [0.5, 0.6) is 0 Å². The van der Waals surface area contributed by atoms with E-state index in [0.717, 1.165) is 0 Å². The Kier molecular flexibility index (Phi) is 20.6. The number of hydrogen-bond acceptors (Lipinski definition) is 8. The van der Waals surface area contributed by atoms with Crippen molar-refractivity contribution >= 4 is 11.9 Å². The van der Waals surface area contributed by atoms with Crippen LogP contribution in [0.25, 0.3) is 0 Å². The van der Waals surface area contributed by atoms with Gasteiger partial charge in [-0.3, -0.25) is 9.59 Å². The van der Waals surface area contributed by atoms with Crippen LogP contribution in [-0.2, 0) is 38.0 Å². The van der Waals surface area contributed by atoms with E-state index in [2.05, 4.69) is 6.58 Å². The second-order valence-electron chi connectivity index (χ2n) is 5.63. The SMILES string of the molecule is C=CCOCCOCCOCCOCCOCCOC(=O)CCCCC(=O)O. The number of carbonyl (C=O) groups excluding carboxylic acids is 1. The van der Waals surface area contributed by atoms with Gasteiger partial charge in [0.25, 0.3) is 0 Å². The van der Waals surface area contributed by atoms with Crippen LogP contribution >= 0.6 is 0 Å². The lowest BCUT2D eigenvalue weighted by molar-refractivity contribution is -0.146. The van der Waals surface area contributed by atoms with Crippen molar-refractivity contribution in [3.63, 3.8) is 0 Å². The highest BCUT2D eigenvalue weighted by Gasteiger charge is 2.04. The van der Waals surface area contributed by atoms with Crippen LogP contribution in [0, 0.1) is 0 Å². The van der Waals surface area contributed by atoms with Crippen LogP contribution in [0.15, 0.2) is 12.7 Å². The van der Waals surface area contributed by atoms with Gasteiger partial charge in [-0.15, -0.1) is 6.58 Å². The normalized spacial score (nSPS) is 10.7. The minimum atomic E-state index is -0.856. The smallest absolute Gasteiger partial charge is 0.305 e. The number of aliphatic carboxylic acids is 1. The van der Waals surface area contributed by atoms with Gasteiger partial charge in [0.2, 0.25) is 0 Å². The molecule has 0 aliphatic rings. The second kappa shape index (κ2) is 21.8. The monoisotopic (exact) mass is 406 g/mol. The maximum Gasteiger partial charge on any atom is 0.305 e. The van der Waals surface area contributed by atoms with E-state index in [1.165, 1.54) is 0 Å². The summed E-state index contributed by atoms with van der Waals surface area (Å²) in [5.41, 5.74) is 0. The van der Waals surface area contributed by atoms with E-state index in [1.54, 1.807) is 6.08 Å². The van der Waals surface area contributed by atoms with Crippen LogP contribution < -0.4 is 0 Å². The number of carbonyl (C=O) groups is 2. The van der Waals surface area contributed by atoms with Crippen molar-refractivity contribution in [1.82, 2.24) is 0 Å². The van der Waals surface area contributed by atoms with Crippen LogP contribution in [-0.4, -0.2) is 89.7 Å². The van der Waals surface area contributed by atoms with Crippen molar-refractivity contribution < 1.29 is 43.1 Å². The number of ether oxygens (including phenoxy) is 6. The van der Waals surface area contributed by atoms with Crippen molar-refractivity contribution in [3.05, 3.63) is 12.7 Å². The Hall–Kier alpha value is -1.52. The van der Waals surface area contributed by atoms with E-state index in [9.17, 15) is 9.59 Å². The highest BCUT2D eigenvalue weighted by molar-refractivity contribution is 5.69. The molecule has 9 heteroatoms. The van der Waals surface area contributed by atoms with Gasteiger partial charge in [-0.05, 0) is 12.8 Å². The third kappa shape index (κ3) is 22.5. The third-order valence-corrected chi connectivity index (χ3v) is 3.24. The van der Waals surface area contributed by atoms with E-state index in [4.69, 9.17) is 33.5 Å². The molecule has 0 saturated heterocycles. The lowest BCUT2D eigenvalue weighted by atomic mass is 10.2. The van der Waals surface area contributed by atoms with Gasteiger partial charge in [-0.2, -0.15) is 0 Å². The Bertz CT molecular complexity index is 388. The molecular weight excluding hydrogens is 372 g/mol. The van der Waals surface area contributed by atoms with Crippen molar-refractivity contribution in [3.8, 4) is 0 Å². The molecule has 0 unspecified atom stereocenters. The van der Waals surface area contributed by atoms with E-state index in [1.807, 2.05) is 0 Å². The molecule has 0 fully saturated rings. The van der Waals surface area contributed by atoms with Crippen molar-refractivity contribution in [2.75, 3.05) is 72.7 Å². The average Bonchev–Trinajstić information content (AvgIpc) is 2.67. The standard InChI is InChI=1S/C19H34O9/c1-2-7-23-8-9-24-10-11-25-12-13-26-14-15-27-16-17-28-19(22)6-4-3-5-18(20)21/h2H,1,3-17H2,(H,20,21). The summed E-state index contributed by atoms with van der Waals surface area (Å²) in [6.07, 6.45) is 2.97.